The van der Waals surface area contributed by atoms with E-state index in [1.807, 2.05) is 32.0 Å². The van der Waals surface area contributed by atoms with Crippen molar-refractivity contribution in [2.45, 2.75) is 92.3 Å². The number of alkyl carbamates (subject to hydrolysis) is 1. The first-order valence-corrected chi connectivity index (χ1v) is 12.0. The summed E-state index contributed by atoms with van der Waals surface area (Å²) in [5, 5.41) is 5.55. The third kappa shape index (κ3) is 8.74. The number of aryl methyl sites for hydroxylation is 2. The van der Waals surface area contributed by atoms with E-state index in [0.717, 1.165) is 35.3 Å². The van der Waals surface area contributed by atoms with Crippen molar-refractivity contribution in [1.82, 2.24) is 15.5 Å². The number of nitrogens with one attached hydrogen (secondary N) is 2. The molecule has 7 nitrogen and oxygen atoms in total. The number of ether oxygens (including phenoxy) is 1. The highest BCUT2D eigenvalue weighted by molar-refractivity contribution is 5.93. The SMILES string of the molecule is C#CN(C(=O)C(NC(=O)OC(C)(C)C)C(C)C)C(C(=O)NCCCCC)c1ccc(C)c(C)c1. The van der Waals surface area contributed by atoms with E-state index in [0.29, 0.717) is 12.1 Å². The van der Waals surface area contributed by atoms with Gasteiger partial charge in [0.1, 0.15) is 17.7 Å². The highest BCUT2D eigenvalue weighted by atomic mass is 16.6. The molecule has 0 fully saturated rings. The van der Waals surface area contributed by atoms with E-state index in [2.05, 4.69) is 23.6 Å². The number of nitrogens with zero attached hydrogens (tertiary/aromatic N) is 1. The molecule has 0 aromatic heterocycles. The maximum absolute atomic E-state index is 13.6. The summed E-state index contributed by atoms with van der Waals surface area (Å²) < 4.78 is 5.33. The van der Waals surface area contributed by atoms with Crippen molar-refractivity contribution in [3.05, 3.63) is 34.9 Å². The molecule has 7 heteroatoms. The molecule has 0 aliphatic heterocycles. The molecule has 188 valence electrons. The Morgan fingerprint density at radius 2 is 1.76 bits per heavy atom. The molecule has 0 saturated carbocycles. The summed E-state index contributed by atoms with van der Waals surface area (Å²) in [6.45, 7) is 15.3. The zero-order valence-electron chi connectivity index (χ0n) is 22.0. The van der Waals surface area contributed by atoms with Crippen LogP contribution in [0.25, 0.3) is 0 Å². The zero-order chi connectivity index (χ0) is 26.1. The van der Waals surface area contributed by atoms with E-state index in [1.54, 1.807) is 34.6 Å². The predicted octanol–water partition coefficient (Wildman–Crippen LogP) is 4.62. The number of hydrogen-bond donors (Lipinski definition) is 2. The summed E-state index contributed by atoms with van der Waals surface area (Å²) in [5.74, 6) is -1.19. The monoisotopic (exact) mass is 471 g/mol. The number of carbonyl (C=O) groups excluding carboxylic acids is 3. The topological polar surface area (TPSA) is 87.7 Å². The zero-order valence-corrected chi connectivity index (χ0v) is 22.0. The summed E-state index contributed by atoms with van der Waals surface area (Å²) in [6.07, 6.45) is 7.92. The first-order valence-electron chi connectivity index (χ1n) is 12.0. The molecule has 34 heavy (non-hydrogen) atoms. The lowest BCUT2D eigenvalue weighted by Gasteiger charge is -2.32. The van der Waals surface area contributed by atoms with Crippen LogP contribution in [0.4, 0.5) is 4.79 Å². The van der Waals surface area contributed by atoms with Crippen LogP contribution >= 0.6 is 0 Å². The molecule has 1 aromatic carbocycles. The van der Waals surface area contributed by atoms with Crippen molar-refractivity contribution in [3.8, 4) is 12.5 Å². The number of benzene rings is 1. The van der Waals surface area contributed by atoms with Gasteiger partial charge < -0.3 is 15.4 Å². The number of terminal acetylenes is 1. The van der Waals surface area contributed by atoms with Gasteiger partial charge in [-0.3, -0.25) is 14.5 Å². The van der Waals surface area contributed by atoms with Crippen molar-refractivity contribution in [1.29, 1.82) is 0 Å². The lowest BCUT2D eigenvalue weighted by atomic mass is 9.97. The third-order valence-corrected chi connectivity index (χ3v) is 5.41. The molecule has 0 aliphatic rings. The van der Waals surface area contributed by atoms with E-state index in [4.69, 9.17) is 11.2 Å². The lowest BCUT2D eigenvalue weighted by molar-refractivity contribution is -0.139. The van der Waals surface area contributed by atoms with Crippen LogP contribution in [0.2, 0.25) is 0 Å². The Morgan fingerprint density at radius 3 is 2.26 bits per heavy atom. The Morgan fingerprint density at radius 1 is 1.12 bits per heavy atom. The average Bonchev–Trinajstić information content (AvgIpc) is 2.73. The normalized spacial score (nSPS) is 12.9. The van der Waals surface area contributed by atoms with Gasteiger partial charge in [0, 0.05) is 12.6 Å². The second-order valence-electron chi connectivity index (χ2n) is 9.95. The number of hydrogen-bond acceptors (Lipinski definition) is 4. The molecule has 3 amide bonds. The van der Waals surface area contributed by atoms with Gasteiger partial charge in [-0.15, -0.1) is 0 Å². The van der Waals surface area contributed by atoms with Gasteiger partial charge in [0.15, 0.2) is 0 Å². The van der Waals surface area contributed by atoms with Crippen molar-refractivity contribution in [2.24, 2.45) is 5.92 Å². The molecule has 0 bridgehead atoms. The van der Waals surface area contributed by atoms with E-state index in [1.165, 1.54) is 0 Å². The van der Waals surface area contributed by atoms with Gasteiger partial charge in [-0.2, -0.15) is 0 Å². The van der Waals surface area contributed by atoms with Gasteiger partial charge in [-0.25, -0.2) is 4.79 Å². The van der Waals surface area contributed by atoms with E-state index < -0.39 is 29.7 Å². The fourth-order valence-electron chi connectivity index (χ4n) is 3.40. The molecule has 2 unspecified atom stereocenters. The Balaban J connectivity index is 3.32. The van der Waals surface area contributed by atoms with Crippen LogP contribution in [0, 0.1) is 32.2 Å². The smallest absolute Gasteiger partial charge is 0.408 e. The largest absolute Gasteiger partial charge is 0.444 e. The fourth-order valence-corrected chi connectivity index (χ4v) is 3.40. The van der Waals surface area contributed by atoms with E-state index >= 15 is 0 Å². The van der Waals surface area contributed by atoms with Crippen LogP contribution < -0.4 is 10.6 Å². The molecule has 1 aromatic rings. The van der Waals surface area contributed by atoms with Gasteiger partial charge in [0.25, 0.3) is 5.91 Å². The van der Waals surface area contributed by atoms with Crippen LogP contribution in [0.3, 0.4) is 0 Å². The molecule has 0 heterocycles. The van der Waals surface area contributed by atoms with Crippen molar-refractivity contribution < 1.29 is 19.1 Å². The van der Waals surface area contributed by atoms with Crippen molar-refractivity contribution in [2.75, 3.05) is 6.54 Å². The van der Waals surface area contributed by atoms with E-state index in [-0.39, 0.29) is 11.8 Å². The van der Waals surface area contributed by atoms with Crippen molar-refractivity contribution in [3.63, 3.8) is 0 Å². The van der Waals surface area contributed by atoms with Crippen LogP contribution in [-0.4, -0.2) is 41.0 Å². The van der Waals surface area contributed by atoms with Gasteiger partial charge in [-0.1, -0.05) is 58.2 Å². The van der Waals surface area contributed by atoms with Gasteiger partial charge in [-0.05, 0) is 63.6 Å². The molecular formula is C27H41N3O4. The summed E-state index contributed by atoms with van der Waals surface area (Å²) in [5.41, 5.74) is 1.94. The second-order valence-corrected chi connectivity index (χ2v) is 9.95. The van der Waals surface area contributed by atoms with Gasteiger partial charge in [0.2, 0.25) is 5.91 Å². The number of rotatable bonds is 10. The summed E-state index contributed by atoms with van der Waals surface area (Å²) >= 11 is 0. The van der Waals surface area contributed by atoms with Crippen LogP contribution in [-0.2, 0) is 14.3 Å². The first-order chi connectivity index (χ1) is 15.8. The first kappa shape index (κ1) is 29.0. The predicted molar refractivity (Wildman–Crippen MR) is 135 cm³/mol. The molecule has 0 aliphatic carbocycles. The molecular weight excluding hydrogens is 430 g/mol. The molecule has 0 saturated heterocycles. The molecule has 1 rings (SSSR count). The Labute approximate surface area is 205 Å². The molecule has 0 radical (unpaired) electrons. The Bertz CT molecular complexity index is 896. The molecule has 2 N–H and O–H groups in total. The highest BCUT2D eigenvalue weighted by Gasteiger charge is 2.37. The fraction of sp³-hybridized carbons (Fsp3) is 0.593. The maximum Gasteiger partial charge on any atom is 0.408 e. The summed E-state index contributed by atoms with van der Waals surface area (Å²) in [4.78, 5) is 40.4. The van der Waals surface area contributed by atoms with Crippen molar-refractivity contribution >= 4 is 17.9 Å². The Hall–Kier alpha value is -3.01. The Kier molecular flexibility index (Phi) is 11.1. The van der Waals surface area contributed by atoms with Crippen LogP contribution in [0.5, 0.6) is 0 Å². The summed E-state index contributed by atoms with van der Waals surface area (Å²) in [6, 6.07) is 5.99. The lowest BCUT2D eigenvalue weighted by Crippen LogP contribution is -2.53. The highest BCUT2D eigenvalue weighted by Crippen LogP contribution is 2.25. The second kappa shape index (κ2) is 13.0. The number of unbranched alkanes of at least 4 members (excludes halogenated alkanes) is 2. The van der Waals surface area contributed by atoms with Crippen LogP contribution in [0.1, 0.15) is 83.5 Å². The number of amides is 3. The minimum atomic E-state index is -1.03. The van der Waals surface area contributed by atoms with Gasteiger partial charge in [0.05, 0.1) is 0 Å². The summed E-state index contributed by atoms with van der Waals surface area (Å²) in [7, 11) is 0. The average molecular weight is 472 g/mol. The van der Waals surface area contributed by atoms with E-state index in [9.17, 15) is 14.4 Å². The third-order valence-electron chi connectivity index (χ3n) is 5.41. The maximum atomic E-state index is 13.6. The standard InChI is InChI=1S/C27H41N3O4/c1-10-12-13-16-28-24(31)23(21-15-14-19(5)20(6)17-21)30(11-2)25(32)22(18(3)4)29-26(33)34-27(7,8)9/h2,14-15,17-18,22-23H,10,12-13,16H2,1,3-9H3,(H,28,31)(H,29,33). The van der Waals surface area contributed by atoms with Crippen LogP contribution in [0.15, 0.2) is 18.2 Å². The van der Waals surface area contributed by atoms with Gasteiger partial charge >= 0.3 is 6.09 Å². The number of carbonyl (C=O) groups is 3. The molecule has 2 atom stereocenters. The quantitative estimate of drug-likeness (QED) is 0.296. The minimum Gasteiger partial charge on any atom is -0.444 e. The molecule has 0 spiro atoms. The minimum absolute atomic E-state index is 0.288.